The first-order chi connectivity index (χ1) is 9.72. The molecule has 0 aliphatic carbocycles. The summed E-state index contributed by atoms with van der Waals surface area (Å²) in [6, 6.07) is 9.87. The van der Waals surface area contributed by atoms with Crippen molar-refractivity contribution in [3.8, 4) is 0 Å². The maximum absolute atomic E-state index is 3.20. The van der Waals surface area contributed by atoms with Gasteiger partial charge in [0.15, 0.2) is 0 Å². The van der Waals surface area contributed by atoms with Gasteiger partial charge >= 0.3 is 0 Å². The number of hydrogen-bond donors (Lipinski definition) is 1. The van der Waals surface area contributed by atoms with E-state index in [1.165, 1.54) is 37.2 Å². The summed E-state index contributed by atoms with van der Waals surface area (Å²) in [5.74, 6) is 0. The van der Waals surface area contributed by atoms with Gasteiger partial charge in [-0.1, -0.05) is 31.2 Å². The molecular weight excluding hydrogens is 246 g/mol. The van der Waals surface area contributed by atoms with Crippen LogP contribution in [0.1, 0.15) is 24.5 Å². The highest BCUT2D eigenvalue weighted by atomic mass is 15.3. The van der Waals surface area contributed by atoms with Crippen LogP contribution in [0.3, 0.4) is 0 Å². The molecule has 1 aliphatic heterocycles. The van der Waals surface area contributed by atoms with Crippen LogP contribution in [0.25, 0.3) is 0 Å². The summed E-state index contributed by atoms with van der Waals surface area (Å²) in [6.45, 7) is 8.02. The second-order valence-electron chi connectivity index (χ2n) is 5.95. The van der Waals surface area contributed by atoms with Crippen LogP contribution in [0.4, 0.5) is 0 Å². The minimum atomic E-state index is 0.721. The fourth-order valence-corrected chi connectivity index (χ4v) is 2.93. The van der Waals surface area contributed by atoms with E-state index in [1.807, 2.05) is 7.05 Å². The van der Waals surface area contributed by atoms with E-state index in [2.05, 4.69) is 53.4 Å². The third-order valence-corrected chi connectivity index (χ3v) is 4.43. The van der Waals surface area contributed by atoms with E-state index >= 15 is 0 Å². The van der Waals surface area contributed by atoms with Gasteiger partial charge < -0.3 is 10.2 Å². The van der Waals surface area contributed by atoms with Crippen LogP contribution in [0.5, 0.6) is 0 Å². The maximum Gasteiger partial charge on any atom is 0.0234 e. The number of hydrogen-bond acceptors (Lipinski definition) is 3. The third kappa shape index (κ3) is 4.30. The van der Waals surface area contributed by atoms with Crippen LogP contribution in [0.15, 0.2) is 24.3 Å². The molecule has 2 rings (SSSR count). The van der Waals surface area contributed by atoms with Gasteiger partial charge in [-0.05, 0) is 44.6 Å². The molecule has 112 valence electrons. The Kier molecular flexibility index (Phi) is 6.02. The number of benzene rings is 1. The second kappa shape index (κ2) is 7.77. The molecule has 0 bridgehead atoms. The molecule has 1 aliphatic rings. The van der Waals surface area contributed by atoms with E-state index in [9.17, 15) is 0 Å². The van der Waals surface area contributed by atoms with Crippen LogP contribution in [0, 0.1) is 0 Å². The Labute approximate surface area is 124 Å². The highest BCUT2D eigenvalue weighted by Crippen LogP contribution is 2.14. The summed E-state index contributed by atoms with van der Waals surface area (Å²) in [6.07, 6.45) is 2.36. The fraction of sp³-hybridized carbons (Fsp3) is 0.647. The van der Waals surface area contributed by atoms with E-state index in [-0.39, 0.29) is 0 Å². The van der Waals surface area contributed by atoms with Crippen molar-refractivity contribution in [2.24, 2.45) is 0 Å². The van der Waals surface area contributed by atoms with E-state index in [4.69, 9.17) is 0 Å². The van der Waals surface area contributed by atoms with Crippen LogP contribution in [-0.4, -0.2) is 56.1 Å². The van der Waals surface area contributed by atoms with Crippen molar-refractivity contribution in [2.45, 2.75) is 32.4 Å². The van der Waals surface area contributed by atoms with Crippen molar-refractivity contribution >= 4 is 0 Å². The summed E-state index contributed by atoms with van der Waals surface area (Å²) >= 11 is 0. The molecule has 1 unspecified atom stereocenters. The molecule has 0 saturated carbocycles. The molecule has 1 aromatic carbocycles. The maximum atomic E-state index is 3.20. The molecule has 1 atom stereocenters. The smallest absolute Gasteiger partial charge is 0.0234 e. The van der Waals surface area contributed by atoms with Gasteiger partial charge in [-0.15, -0.1) is 0 Å². The standard InChI is InChI=1S/C17H29N3/c1-4-17-14-20(12-11-19(17)3)13-16-7-5-15(6-8-16)9-10-18-2/h5-8,17-18H,4,9-14H2,1-3H3. The minimum absolute atomic E-state index is 0.721. The zero-order chi connectivity index (χ0) is 14.4. The first kappa shape index (κ1) is 15.5. The molecule has 20 heavy (non-hydrogen) atoms. The molecule has 1 saturated heterocycles. The van der Waals surface area contributed by atoms with Crippen molar-refractivity contribution < 1.29 is 0 Å². The monoisotopic (exact) mass is 275 g/mol. The van der Waals surface area contributed by atoms with Crippen LogP contribution in [0.2, 0.25) is 0 Å². The van der Waals surface area contributed by atoms with Gasteiger partial charge in [-0.2, -0.15) is 0 Å². The number of piperazine rings is 1. The van der Waals surface area contributed by atoms with Crippen molar-refractivity contribution in [3.63, 3.8) is 0 Å². The molecule has 1 fully saturated rings. The van der Waals surface area contributed by atoms with E-state index < -0.39 is 0 Å². The average molecular weight is 275 g/mol. The lowest BCUT2D eigenvalue weighted by atomic mass is 10.1. The van der Waals surface area contributed by atoms with Gasteiger partial charge in [-0.25, -0.2) is 0 Å². The van der Waals surface area contributed by atoms with Crippen LogP contribution in [-0.2, 0) is 13.0 Å². The SMILES string of the molecule is CCC1CN(Cc2ccc(CCNC)cc2)CCN1C. The summed E-state index contributed by atoms with van der Waals surface area (Å²) in [7, 11) is 4.26. The summed E-state index contributed by atoms with van der Waals surface area (Å²) in [5, 5.41) is 3.20. The first-order valence-electron chi connectivity index (χ1n) is 7.88. The molecule has 0 radical (unpaired) electrons. The Morgan fingerprint density at radius 1 is 1.15 bits per heavy atom. The third-order valence-electron chi connectivity index (χ3n) is 4.43. The molecule has 0 aromatic heterocycles. The van der Waals surface area contributed by atoms with Crippen LogP contribution < -0.4 is 5.32 Å². The van der Waals surface area contributed by atoms with Gasteiger partial charge in [0.1, 0.15) is 0 Å². The number of rotatable bonds is 6. The highest BCUT2D eigenvalue weighted by molar-refractivity contribution is 5.22. The molecular formula is C17H29N3. The fourth-order valence-electron chi connectivity index (χ4n) is 2.93. The molecule has 0 spiro atoms. The zero-order valence-corrected chi connectivity index (χ0v) is 13.2. The number of nitrogens with one attached hydrogen (secondary N) is 1. The molecule has 3 heteroatoms. The summed E-state index contributed by atoms with van der Waals surface area (Å²) in [4.78, 5) is 5.09. The number of likely N-dealkylation sites (N-methyl/N-ethyl adjacent to an activating group) is 2. The molecule has 3 nitrogen and oxygen atoms in total. The molecule has 1 heterocycles. The lowest BCUT2D eigenvalue weighted by Gasteiger charge is -2.39. The Bertz CT molecular complexity index is 388. The average Bonchev–Trinajstić information content (AvgIpc) is 2.48. The second-order valence-corrected chi connectivity index (χ2v) is 5.95. The van der Waals surface area contributed by atoms with Gasteiger partial charge in [0.05, 0.1) is 0 Å². The molecule has 0 amide bonds. The molecule has 1 aromatic rings. The lowest BCUT2D eigenvalue weighted by molar-refractivity contribution is 0.0884. The minimum Gasteiger partial charge on any atom is -0.319 e. The van der Waals surface area contributed by atoms with Crippen LogP contribution >= 0.6 is 0 Å². The van der Waals surface area contributed by atoms with E-state index in [0.29, 0.717) is 0 Å². The Morgan fingerprint density at radius 2 is 1.85 bits per heavy atom. The lowest BCUT2D eigenvalue weighted by Crippen LogP contribution is -2.50. The van der Waals surface area contributed by atoms with Gasteiger partial charge in [0.2, 0.25) is 0 Å². The van der Waals surface area contributed by atoms with E-state index in [0.717, 1.165) is 25.6 Å². The number of nitrogens with zero attached hydrogens (tertiary/aromatic N) is 2. The van der Waals surface area contributed by atoms with Crippen molar-refractivity contribution in [3.05, 3.63) is 35.4 Å². The van der Waals surface area contributed by atoms with Gasteiger partial charge in [0.25, 0.3) is 0 Å². The van der Waals surface area contributed by atoms with Crippen molar-refractivity contribution in [2.75, 3.05) is 40.3 Å². The Morgan fingerprint density at radius 3 is 2.50 bits per heavy atom. The highest BCUT2D eigenvalue weighted by Gasteiger charge is 2.22. The largest absolute Gasteiger partial charge is 0.319 e. The first-order valence-corrected chi connectivity index (χ1v) is 7.88. The van der Waals surface area contributed by atoms with E-state index in [1.54, 1.807) is 0 Å². The quantitative estimate of drug-likeness (QED) is 0.856. The van der Waals surface area contributed by atoms with Crippen molar-refractivity contribution in [1.29, 1.82) is 0 Å². The molecule has 1 N–H and O–H groups in total. The normalized spacial score (nSPS) is 21.2. The van der Waals surface area contributed by atoms with Gasteiger partial charge in [0, 0.05) is 32.2 Å². The van der Waals surface area contributed by atoms with Gasteiger partial charge in [-0.3, -0.25) is 4.90 Å². The summed E-state index contributed by atoms with van der Waals surface area (Å²) in [5.41, 5.74) is 2.87. The Balaban J connectivity index is 1.86. The predicted octanol–water partition coefficient (Wildman–Crippen LogP) is 1.97. The summed E-state index contributed by atoms with van der Waals surface area (Å²) < 4.78 is 0. The predicted molar refractivity (Wildman–Crippen MR) is 86.1 cm³/mol. The Hall–Kier alpha value is -0.900. The van der Waals surface area contributed by atoms with Crippen molar-refractivity contribution in [1.82, 2.24) is 15.1 Å². The topological polar surface area (TPSA) is 18.5 Å². The zero-order valence-electron chi connectivity index (χ0n) is 13.2.